The highest BCUT2D eigenvalue weighted by Crippen LogP contribution is 2.25. The van der Waals surface area contributed by atoms with Crippen LogP contribution in [0.1, 0.15) is 35.7 Å². The van der Waals surface area contributed by atoms with Gasteiger partial charge in [0, 0.05) is 12.7 Å². The Morgan fingerprint density at radius 1 is 1.59 bits per heavy atom. The molecule has 0 aromatic carbocycles. The number of nitrogens with one attached hydrogen (secondary N) is 1. The van der Waals surface area contributed by atoms with Crippen LogP contribution in [-0.4, -0.2) is 19.4 Å². The van der Waals surface area contributed by atoms with Crippen LogP contribution in [0.2, 0.25) is 0 Å². The molecule has 1 atom stereocenters. The molecule has 0 aliphatic carbocycles. The number of hydrogen-bond acceptors (Lipinski definition) is 6. The molecule has 0 saturated heterocycles. The third-order valence-corrected chi connectivity index (χ3v) is 3.49. The Kier molecular flexibility index (Phi) is 3.82. The van der Waals surface area contributed by atoms with Gasteiger partial charge in [-0.25, -0.2) is 5.43 Å². The number of aryl methyl sites for hydroxylation is 2. The topological polar surface area (TPSA) is 81.7 Å². The molecule has 2 heterocycles. The molecule has 1 unspecified atom stereocenters. The van der Waals surface area contributed by atoms with Crippen LogP contribution in [0.25, 0.3) is 0 Å². The minimum Gasteiger partial charge on any atom is -0.270 e. The first kappa shape index (κ1) is 12.2. The van der Waals surface area contributed by atoms with E-state index >= 15 is 0 Å². The van der Waals surface area contributed by atoms with Gasteiger partial charge in [0.05, 0.1) is 16.3 Å². The van der Waals surface area contributed by atoms with Crippen molar-refractivity contribution < 1.29 is 0 Å². The lowest BCUT2D eigenvalue weighted by Gasteiger charge is -2.16. The van der Waals surface area contributed by atoms with E-state index in [9.17, 15) is 0 Å². The lowest BCUT2D eigenvalue weighted by atomic mass is 10.1. The number of hydrogen-bond donors (Lipinski definition) is 2. The van der Waals surface area contributed by atoms with Crippen LogP contribution in [0.4, 0.5) is 0 Å². The smallest absolute Gasteiger partial charge is 0.100 e. The molecule has 2 aromatic rings. The molecule has 2 aromatic heterocycles. The van der Waals surface area contributed by atoms with E-state index in [2.05, 4.69) is 27.0 Å². The van der Waals surface area contributed by atoms with E-state index in [-0.39, 0.29) is 6.04 Å². The molecule has 0 aliphatic rings. The summed E-state index contributed by atoms with van der Waals surface area (Å²) in [4.78, 5) is 1.03. The second kappa shape index (κ2) is 5.35. The van der Waals surface area contributed by atoms with Crippen molar-refractivity contribution in [1.82, 2.24) is 24.8 Å². The quantitative estimate of drug-likeness (QED) is 0.613. The van der Waals surface area contributed by atoms with Crippen molar-refractivity contribution in [2.75, 3.05) is 0 Å². The van der Waals surface area contributed by atoms with Crippen molar-refractivity contribution >= 4 is 11.5 Å². The fourth-order valence-electron chi connectivity index (χ4n) is 1.78. The molecule has 92 valence electrons. The maximum atomic E-state index is 5.65. The Balaban J connectivity index is 2.35. The van der Waals surface area contributed by atoms with Gasteiger partial charge in [-0.1, -0.05) is 11.4 Å². The number of nitrogens with two attached hydrogens (primary N) is 1. The predicted molar refractivity (Wildman–Crippen MR) is 66.3 cm³/mol. The fourth-order valence-corrected chi connectivity index (χ4v) is 2.50. The first-order valence-electron chi connectivity index (χ1n) is 5.54. The van der Waals surface area contributed by atoms with E-state index in [1.165, 1.54) is 11.5 Å². The van der Waals surface area contributed by atoms with E-state index in [1.54, 1.807) is 6.20 Å². The van der Waals surface area contributed by atoms with Crippen LogP contribution in [0.15, 0.2) is 12.3 Å². The summed E-state index contributed by atoms with van der Waals surface area (Å²) in [7, 11) is 0. The standard InChI is InChI=1S/C10H16N6S/c1-3-6-16-8(4-5-12-16)9(13-11)10-7(2)14-15-17-10/h4-5,9,13H,3,6,11H2,1-2H3. The van der Waals surface area contributed by atoms with Gasteiger partial charge in [-0.15, -0.1) is 5.10 Å². The first-order valence-corrected chi connectivity index (χ1v) is 6.32. The minimum atomic E-state index is -0.0935. The molecular formula is C10H16N6S. The van der Waals surface area contributed by atoms with Gasteiger partial charge in [-0.05, 0) is 30.9 Å². The molecule has 0 fully saturated rings. The lowest BCUT2D eigenvalue weighted by molar-refractivity contribution is 0.523. The normalized spacial score (nSPS) is 12.9. The van der Waals surface area contributed by atoms with Crippen LogP contribution in [0, 0.1) is 6.92 Å². The van der Waals surface area contributed by atoms with Crippen LogP contribution in [-0.2, 0) is 6.54 Å². The maximum absolute atomic E-state index is 5.65. The molecule has 17 heavy (non-hydrogen) atoms. The molecule has 0 aliphatic heterocycles. The van der Waals surface area contributed by atoms with Crippen molar-refractivity contribution in [3.05, 3.63) is 28.5 Å². The molecule has 0 amide bonds. The molecule has 3 N–H and O–H groups in total. The number of rotatable bonds is 5. The molecule has 6 nitrogen and oxygen atoms in total. The summed E-state index contributed by atoms with van der Waals surface area (Å²) in [5.74, 6) is 5.65. The zero-order valence-corrected chi connectivity index (χ0v) is 10.7. The van der Waals surface area contributed by atoms with Gasteiger partial charge in [-0.3, -0.25) is 10.5 Å². The summed E-state index contributed by atoms with van der Waals surface area (Å²) in [5, 5.41) is 8.31. The van der Waals surface area contributed by atoms with Crippen LogP contribution >= 0.6 is 11.5 Å². The third-order valence-electron chi connectivity index (χ3n) is 2.60. The second-order valence-corrected chi connectivity index (χ2v) is 4.59. The molecular weight excluding hydrogens is 236 g/mol. The number of nitrogens with zero attached hydrogens (tertiary/aromatic N) is 4. The number of aromatic nitrogens is 4. The Hall–Kier alpha value is -1.31. The van der Waals surface area contributed by atoms with Crippen LogP contribution < -0.4 is 11.3 Å². The highest BCUT2D eigenvalue weighted by molar-refractivity contribution is 7.05. The van der Waals surface area contributed by atoms with Gasteiger partial charge < -0.3 is 0 Å². The van der Waals surface area contributed by atoms with E-state index in [4.69, 9.17) is 5.84 Å². The summed E-state index contributed by atoms with van der Waals surface area (Å²) in [6.07, 6.45) is 2.82. The zero-order valence-electron chi connectivity index (χ0n) is 9.92. The Morgan fingerprint density at radius 3 is 3.00 bits per heavy atom. The summed E-state index contributed by atoms with van der Waals surface area (Å²) in [6.45, 7) is 4.94. The summed E-state index contributed by atoms with van der Waals surface area (Å²) in [6, 6.07) is 1.88. The summed E-state index contributed by atoms with van der Waals surface area (Å²) in [5.41, 5.74) is 4.77. The largest absolute Gasteiger partial charge is 0.270 e. The Bertz CT molecular complexity index is 477. The Labute approximate surface area is 104 Å². The summed E-state index contributed by atoms with van der Waals surface area (Å²) >= 11 is 1.36. The SMILES string of the molecule is CCCn1nccc1C(NN)c1snnc1C. The fraction of sp³-hybridized carbons (Fsp3) is 0.500. The highest BCUT2D eigenvalue weighted by Gasteiger charge is 2.21. The van der Waals surface area contributed by atoms with Gasteiger partial charge >= 0.3 is 0 Å². The molecule has 2 rings (SSSR count). The van der Waals surface area contributed by atoms with Gasteiger partial charge in [0.15, 0.2) is 0 Å². The number of hydrazine groups is 1. The van der Waals surface area contributed by atoms with Crippen LogP contribution in [0.5, 0.6) is 0 Å². The van der Waals surface area contributed by atoms with Crippen molar-refractivity contribution in [2.24, 2.45) is 5.84 Å². The molecule has 7 heteroatoms. The predicted octanol–water partition coefficient (Wildman–Crippen LogP) is 1.01. The summed E-state index contributed by atoms with van der Waals surface area (Å²) < 4.78 is 5.90. The van der Waals surface area contributed by atoms with Gasteiger partial charge in [0.2, 0.25) is 0 Å². The van der Waals surface area contributed by atoms with Crippen molar-refractivity contribution in [1.29, 1.82) is 0 Å². The first-order chi connectivity index (χ1) is 8.27. The van der Waals surface area contributed by atoms with Crippen molar-refractivity contribution in [2.45, 2.75) is 32.9 Å². The molecule has 0 saturated carbocycles. The lowest BCUT2D eigenvalue weighted by Crippen LogP contribution is -2.30. The highest BCUT2D eigenvalue weighted by atomic mass is 32.1. The van der Waals surface area contributed by atoms with Gasteiger partial charge in [0.1, 0.15) is 6.04 Å². The van der Waals surface area contributed by atoms with Crippen molar-refractivity contribution in [3.63, 3.8) is 0 Å². The third kappa shape index (κ3) is 2.36. The zero-order chi connectivity index (χ0) is 12.3. The average molecular weight is 252 g/mol. The van der Waals surface area contributed by atoms with Crippen molar-refractivity contribution in [3.8, 4) is 0 Å². The van der Waals surface area contributed by atoms with Gasteiger partial charge in [-0.2, -0.15) is 5.10 Å². The van der Waals surface area contributed by atoms with Gasteiger partial charge in [0.25, 0.3) is 0 Å². The van der Waals surface area contributed by atoms with Crippen LogP contribution in [0.3, 0.4) is 0 Å². The van der Waals surface area contributed by atoms with E-state index in [1.807, 2.05) is 17.7 Å². The second-order valence-electron chi connectivity index (χ2n) is 3.80. The van der Waals surface area contributed by atoms with E-state index in [0.717, 1.165) is 29.2 Å². The van der Waals surface area contributed by atoms with E-state index < -0.39 is 0 Å². The van der Waals surface area contributed by atoms with E-state index in [0.29, 0.717) is 0 Å². The molecule has 0 bridgehead atoms. The molecule has 0 spiro atoms. The Morgan fingerprint density at radius 2 is 2.41 bits per heavy atom. The molecule has 0 radical (unpaired) electrons. The average Bonchev–Trinajstić information content (AvgIpc) is 2.92. The minimum absolute atomic E-state index is 0.0935. The monoisotopic (exact) mass is 252 g/mol. The maximum Gasteiger partial charge on any atom is 0.100 e.